The topological polar surface area (TPSA) is 105 Å². The molecule has 0 aromatic heterocycles. The van der Waals surface area contributed by atoms with E-state index in [4.69, 9.17) is 21.1 Å². The van der Waals surface area contributed by atoms with Gasteiger partial charge < -0.3 is 19.7 Å². The molecule has 0 aliphatic rings. The average molecular weight is 602 g/mol. The van der Waals surface area contributed by atoms with Gasteiger partial charge in [0.05, 0.1) is 24.8 Å². The summed E-state index contributed by atoms with van der Waals surface area (Å²) in [6, 6.07) is 18.4. The molecule has 2 atom stereocenters. The number of nitrogens with one attached hydrogen (secondary N) is 1. The van der Waals surface area contributed by atoms with E-state index in [1.54, 1.807) is 55.5 Å². The van der Waals surface area contributed by atoms with Gasteiger partial charge in [-0.2, -0.15) is 0 Å². The van der Waals surface area contributed by atoms with Crippen molar-refractivity contribution in [1.82, 2.24) is 10.2 Å². The molecular weight excluding hydrogens is 566 g/mol. The average Bonchev–Trinajstić information content (AvgIpc) is 2.98. The quantitative estimate of drug-likeness (QED) is 0.299. The van der Waals surface area contributed by atoms with E-state index in [-0.39, 0.29) is 39.8 Å². The summed E-state index contributed by atoms with van der Waals surface area (Å²) in [6.45, 7) is 4.86. The number of hydrogen-bond donors (Lipinski definition) is 1. The summed E-state index contributed by atoms with van der Waals surface area (Å²) in [5.41, 5.74) is 0.800. The molecule has 3 aromatic rings. The number of carbonyl (C=O) groups excluding carboxylic acids is 2. The van der Waals surface area contributed by atoms with Crippen molar-refractivity contribution in [3.63, 3.8) is 0 Å². The number of halogens is 1. The maximum atomic E-state index is 14.1. The highest BCUT2D eigenvalue weighted by atomic mass is 35.5. The highest BCUT2D eigenvalue weighted by Crippen LogP contribution is 2.35. The number of carbonyl (C=O) groups is 2. The van der Waals surface area contributed by atoms with Crippen LogP contribution in [0.4, 0.5) is 5.69 Å². The number of hydrogen-bond acceptors (Lipinski definition) is 6. The van der Waals surface area contributed by atoms with Crippen molar-refractivity contribution in [1.29, 1.82) is 0 Å². The molecule has 3 aromatic carbocycles. The Kier molecular flexibility index (Phi) is 11.0. The second kappa shape index (κ2) is 14.2. The third-order valence-corrected chi connectivity index (χ3v) is 8.68. The van der Waals surface area contributed by atoms with Crippen LogP contribution in [0.1, 0.15) is 32.8 Å². The SMILES string of the molecule is CC[C@@H](C)NC(=O)[C@H](C)N(Cc1cccc(OC)c1)C(=O)CN(c1cc(Cl)ccc1OC)S(=O)(=O)c1ccccc1. The number of ether oxygens (including phenoxy) is 2. The van der Waals surface area contributed by atoms with Crippen LogP contribution in [0.5, 0.6) is 11.5 Å². The van der Waals surface area contributed by atoms with Crippen LogP contribution in [0.15, 0.2) is 77.7 Å². The zero-order chi connectivity index (χ0) is 30.2. The van der Waals surface area contributed by atoms with Gasteiger partial charge in [0.2, 0.25) is 11.8 Å². The summed E-state index contributed by atoms with van der Waals surface area (Å²) in [7, 11) is -1.32. The second-order valence-electron chi connectivity index (χ2n) is 9.51. The Bertz CT molecular complexity index is 1450. The predicted molar refractivity (Wildman–Crippen MR) is 160 cm³/mol. The normalized spacial score (nSPS) is 12.6. The molecule has 0 bridgehead atoms. The molecule has 0 aliphatic carbocycles. The van der Waals surface area contributed by atoms with Crippen LogP contribution in [-0.4, -0.2) is 58.0 Å². The van der Waals surface area contributed by atoms with Crippen molar-refractivity contribution in [3.8, 4) is 11.5 Å². The summed E-state index contributed by atoms with van der Waals surface area (Å²) >= 11 is 6.27. The van der Waals surface area contributed by atoms with Gasteiger partial charge in [-0.05, 0) is 68.3 Å². The fourth-order valence-electron chi connectivity index (χ4n) is 4.11. The van der Waals surface area contributed by atoms with E-state index >= 15 is 0 Å². The molecule has 0 heterocycles. The molecule has 0 spiro atoms. The number of anilines is 1. The van der Waals surface area contributed by atoms with E-state index in [1.807, 2.05) is 13.8 Å². The number of methoxy groups -OCH3 is 2. The molecule has 0 fully saturated rings. The third-order valence-electron chi connectivity index (χ3n) is 6.68. The van der Waals surface area contributed by atoms with Crippen LogP contribution in [0, 0.1) is 0 Å². The van der Waals surface area contributed by atoms with Crippen LogP contribution >= 0.6 is 11.6 Å². The van der Waals surface area contributed by atoms with Gasteiger partial charge in [-0.1, -0.05) is 48.9 Å². The minimum absolute atomic E-state index is 0.0169. The Labute approximate surface area is 247 Å². The van der Waals surface area contributed by atoms with E-state index < -0.39 is 28.5 Å². The highest BCUT2D eigenvalue weighted by molar-refractivity contribution is 7.92. The molecule has 0 saturated carbocycles. The lowest BCUT2D eigenvalue weighted by Crippen LogP contribution is -2.52. The van der Waals surface area contributed by atoms with Gasteiger partial charge in [-0.25, -0.2) is 8.42 Å². The lowest BCUT2D eigenvalue weighted by Gasteiger charge is -2.33. The van der Waals surface area contributed by atoms with Gasteiger partial charge in [0.25, 0.3) is 10.0 Å². The van der Waals surface area contributed by atoms with Crippen LogP contribution in [-0.2, 0) is 26.2 Å². The van der Waals surface area contributed by atoms with Crippen molar-refractivity contribution in [3.05, 3.63) is 83.4 Å². The largest absolute Gasteiger partial charge is 0.497 e. The standard InChI is InChI=1S/C30H36ClN3O6S/c1-6-21(2)32-30(36)22(3)33(19-23-11-10-12-25(17-23)39-4)29(35)20-34(27-18-24(31)15-16-28(27)40-5)41(37,38)26-13-8-7-9-14-26/h7-18,21-22H,6,19-20H2,1-5H3,(H,32,36)/t21-,22+/m1/s1. The van der Waals surface area contributed by atoms with Crippen molar-refractivity contribution < 1.29 is 27.5 Å². The van der Waals surface area contributed by atoms with Crippen LogP contribution in [0.25, 0.3) is 0 Å². The van der Waals surface area contributed by atoms with Crippen LogP contribution in [0.3, 0.4) is 0 Å². The van der Waals surface area contributed by atoms with Crippen molar-refractivity contribution >= 4 is 39.1 Å². The minimum atomic E-state index is -4.26. The van der Waals surface area contributed by atoms with Crippen LogP contribution in [0.2, 0.25) is 5.02 Å². The first-order valence-corrected chi connectivity index (χ1v) is 15.0. The molecule has 0 radical (unpaired) electrons. The Balaban J connectivity index is 2.09. The first-order valence-electron chi connectivity index (χ1n) is 13.2. The fraction of sp³-hybridized carbons (Fsp3) is 0.333. The number of benzene rings is 3. The van der Waals surface area contributed by atoms with Gasteiger partial charge >= 0.3 is 0 Å². The zero-order valence-corrected chi connectivity index (χ0v) is 25.4. The molecule has 220 valence electrons. The Morgan fingerprint density at radius 2 is 1.66 bits per heavy atom. The Morgan fingerprint density at radius 3 is 2.29 bits per heavy atom. The lowest BCUT2D eigenvalue weighted by molar-refractivity contribution is -0.139. The molecule has 3 rings (SSSR count). The molecule has 1 N–H and O–H groups in total. The van der Waals surface area contributed by atoms with Gasteiger partial charge in [0.15, 0.2) is 0 Å². The smallest absolute Gasteiger partial charge is 0.264 e. The first kappa shape index (κ1) is 31.8. The molecule has 0 saturated heterocycles. The van der Waals surface area contributed by atoms with Crippen LogP contribution < -0.4 is 19.1 Å². The predicted octanol–water partition coefficient (Wildman–Crippen LogP) is 4.88. The maximum Gasteiger partial charge on any atom is 0.264 e. The summed E-state index contributed by atoms with van der Waals surface area (Å²) < 4.78 is 39.7. The summed E-state index contributed by atoms with van der Waals surface area (Å²) in [4.78, 5) is 28.6. The lowest BCUT2D eigenvalue weighted by atomic mass is 10.1. The first-order chi connectivity index (χ1) is 19.5. The molecule has 11 heteroatoms. The second-order valence-corrected chi connectivity index (χ2v) is 11.8. The molecule has 0 unspecified atom stereocenters. The van der Waals surface area contributed by atoms with Gasteiger partial charge in [0.1, 0.15) is 24.1 Å². The fourth-order valence-corrected chi connectivity index (χ4v) is 5.71. The number of sulfonamides is 1. The van der Waals surface area contributed by atoms with E-state index in [1.165, 1.54) is 43.4 Å². The maximum absolute atomic E-state index is 14.1. The minimum Gasteiger partial charge on any atom is -0.497 e. The van der Waals surface area contributed by atoms with Gasteiger partial charge in [-0.3, -0.25) is 13.9 Å². The number of rotatable bonds is 13. The van der Waals surface area contributed by atoms with E-state index in [9.17, 15) is 18.0 Å². The Morgan fingerprint density at radius 1 is 0.951 bits per heavy atom. The molecule has 2 amide bonds. The molecule has 41 heavy (non-hydrogen) atoms. The summed E-state index contributed by atoms with van der Waals surface area (Å²) in [5, 5.41) is 3.17. The van der Waals surface area contributed by atoms with Crippen molar-refractivity contribution in [2.24, 2.45) is 0 Å². The van der Waals surface area contributed by atoms with E-state index in [0.29, 0.717) is 17.7 Å². The summed E-state index contributed by atoms with van der Waals surface area (Å²) in [5.74, 6) is -0.151. The highest BCUT2D eigenvalue weighted by Gasteiger charge is 2.34. The third kappa shape index (κ3) is 7.92. The summed E-state index contributed by atoms with van der Waals surface area (Å²) in [6.07, 6.45) is 0.708. The monoisotopic (exact) mass is 601 g/mol. The van der Waals surface area contributed by atoms with Gasteiger partial charge in [-0.15, -0.1) is 0 Å². The van der Waals surface area contributed by atoms with Crippen molar-refractivity contribution in [2.75, 3.05) is 25.1 Å². The number of nitrogens with zero attached hydrogens (tertiary/aromatic N) is 2. The molecular formula is C30H36ClN3O6S. The van der Waals surface area contributed by atoms with E-state index in [2.05, 4.69) is 5.32 Å². The molecule has 0 aliphatic heterocycles. The Hall–Kier alpha value is -3.76. The zero-order valence-electron chi connectivity index (χ0n) is 23.8. The number of amides is 2. The van der Waals surface area contributed by atoms with E-state index in [0.717, 1.165) is 4.31 Å². The molecule has 9 nitrogen and oxygen atoms in total. The van der Waals surface area contributed by atoms with Crippen molar-refractivity contribution in [2.45, 2.75) is 50.7 Å². The van der Waals surface area contributed by atoms with Gasteiger partial charge in [0, 0.05) is 17.6 Å².